The number of amides is 2. The van der Waals surface area contributed by atoms with Crippen molar-refractivity contribution in [3.05, 3.63) is 42.0 Å². The Morgan fingerprint density at radius 2 is 1.76 bits per heavy atom. The molecule has 1 aromatic rings. The van der Waals surface area contributed by atoms with Gasteiger partial charge in [0.15, 0.2) is 0 Å². The highest BCUT2D eigenvalue weighted by molar-refractivity contribution is 5.94. The van der Waals surface area contributed by atoms with Crippen molar-refractivity contribution in [2.75, 3.05) is 26.2 Å². The normalized spacial score (nSPS) is 23.4. The molecular weight excluding hydrogens is 432 g/mol. The van der Waals surface area contributed by atoms with E-state index in [1.54, 1.807) is 31.2 Å². The van der Waals surface area contributed by atoms with Crippen molar-refractivity contribution in [3.8, 4) is 5.75 Å². The molecule has 2 amide bonds. The summed E-state index contributed by atoms with van der Waals surface area (Å²) in [5, 5.41) is 2.91. The number of rotatable bonds is 9. The van der Waals surface area contributed by atoms with Crippen LogP contribution < -0.4 is 10.1 Å². The molecule has 4 rings (SSSR count). The number of allylic oxidation sites excluding steroid dienone is 2. The number of hydrogen-bond donors (Lipinski definition) is 1. The number of carbonyl (C=O) groups is 3. The summed E-state index contributed by atoms with van der Waals surface area (Å²) in [5.74, 6) is 0.929. The topological polar surface area (TPSA) is 84.9 Å². The van der Waals surface area contributed by atoms with Crippen LogP contribution in [0.5, 0.6) is 5.75 Å². The maximum Gasteiger partial charge on any atom is 0.311 e. The van der Waals surface area contributed by atoms with Gasteiger partial charge in [0.2, 0.25) is 5.91 Å². The molecule has 1 saturated heterocycles. The molecule has 0 spiro atoms. The standard InChI is InChI=1S/C27H36N2O5/c1-3-33-27(32)24(21-5-4-18(2)16-21)17-28-25(30)19-8-10-22(11-9-19)34-23-12-14-29(15-13-23)26(31)20-6-7-20/h4-5,8-11,18,20-21,23-24H,3,6-7,12-17H2,1-2H3,(H,28,30). The maximum atomic E-state index is 12.7. The van der Waals surface area contributed by atoms with E-state index in [0.717, 1.165) is 50.9 Å². The van der Waals surface area contributed by atoms with Crippen molar-refractivity contribution >= 4 is 17.8 Å². The number of piperidine rings is 1. The summed E-state index contributed by atoms with van der Waals surface area (Å²) < 4.78 is 11.3. The van der Waals surface area contributed by atoms with Crippen molar-refractivity contribution in [1.29, 1.82) is 0 Å². The van der Waals surface area contributed by atoms with Crippen LogP contribution in [0.25, 0.3) is 0 Å². The first-order valence-corrected chi connectivity index (χ1v) is 12.6. The molecule has 1 aliphatic heterocycles. The molecule has 7 heteroatoms. The van der Waals surface area contributed by atoms with Crippen molar-refractivity contribution < 1.29 is 23.9 Å². The number of hydrogen-bond acceptors (Lipinski definition) is 5. The van der Waals surface area contributed by atoms with Gasteiger partial charge in [0, 0.05) is 44.0 Å². The number of ether oxygens (including phenoxy) is 2. The molecule has 1 N–H and O–H groups in total. The first-order chi connectivity index (χ1) is 16.4. The number of benzene rings is 1. The lowest BCUT2D eigenvalue weighted by Crippen LogP contribution is -2.42. The fourth-order valence-electron chi connectivity index (χ4n) is 4.84. The van der Waals surface area contributed by atoms with E-state index in [-0.39, 0.29) is 42.3 Å². The van der Waals surface area contributed by atoms with Gasteiger partial charge in [0.25, 0.3) is 5.91 Å². The van der Waals surface area contributed by atoms with Crippen LogP contribution in [0.2, 0.25) is 0 Å². The van der Waals surface area contributed by atoms with Gasteiger partial charge in [-0.25, -0.2) is 0 Å². The lowest BCUT2D eigenvalue weighted by Gasteiger charge is -2.32. The van der Waals surface area contributed by atoms with Gasteiger partial charge < -0.3 is 19.7 Å². The van der Waals surface area contributed by atoms with Crippen molar-refractivity contribution in [3.63, 3.8) is 0 Å². The highest BCUT2D eigenvalue weighted by Crippen LogP contribution is 2.32. The Kier molecular flexibility index (Phi) is 7.91. The second-order valence-corrected chi connectivity index (χ2v) is 9.77. The molecule has 34 heavy (non-hydrogen) atoms. The van der Waals surface area contributed by atoms with E-state index in [2.05, 4.69) is 24.4 Å². The van der Waals surface area contributed by atoms with Gasteiger partial charge in [-0.2, -0.15) is 0 Å². The Morgan fingerprint density at radius 3 is 2.35 bits per heavy atom. The average molecular weight is 469 g/mol. The Morgan fingerprint density at radius 1 is 1.06 bits per heavy atom. The summed E-state index contributed by atoms with van der Waals surface area (Å²) in [6, 6.07) is 7.10. The lowest BCUT2D eigenvalue weighted by atomic mass is 9.90. The third-order valence-electron chi connectivity index (χ3n) is 7.02. The SMILES string of the molecule is CCOC(=O)C(CNC(=O)c1ccc(OC2CCN(C(=O)C3CC3)CC2)cc1)C1C=CC(C)C1. The minimum atomic E-state index is -0.384. The Labute approximate surface area is 201 Å². The number of carbonyl (C=O) groups excluding carboxylic acids is 3. The smallest absolute Gasteiger partial charge is 0.311 e. The number of nitrogens with zero attached hydrogens (tertiary/aromatic N) is 1. The van der Waals surface area contributed by atoms with Crippen LogP contribution in [0, 0.1) is 23.7 Å². The molecule has 3 unspecified atom stereocenters. The van der Waals surface area contributed by atoms with Gasteiger partial charge in [-0.05, 0) is 62.3 Å². The molecule has 2 aliphatic carbocycles. The third kappa shape index (κ3) is 6.19. The maximum absolute atomic E-state index is 12.7. The Hall–Kier alpha value is -2.83. The molecular formula is C27H36N2O5. The summed E-state index contributed by atoms with van der Waals surface area (Å²) in [7, 11) is 0. The molecule has 0 radical (unpaired) electrons. The van der Waals surface area contributed by atoms with E-state index >= 15 is 0 Å². The van der Waals surface area contributed by atoms with Crippen LogP contribution in [0.3, 0.4) is 0 Å². The van der Waals surface area contributed by atoms with Crippen molar-refractivity contribution in [2.24, 2.45) is 23.7 Å². The summed E-state index contributed by atoms with van der Waals surface area (Å²) in [6.07, 6.45) is 8.87. The van der Waals surface area contributed by atoms with Crippen LogP contribution >= 0.6 is 0 Å². The zero-order valence-corrected chi connectivity index (χ0v) is 20.2. The summed E-state index contributed by atoms with van der Waals surface area (Å²) in [6.45, 7) is 5.98. The fourth-order valence-corrected chi connectivity index (χ4v) is 4.84. The van der Waals surface area contributed by atoms with E-state index in [4.69, 9.17) is 9.47 Å². The van der Waals surface area contributed by atoms with E-state index in [9.17, 15) is 14.4 Å². The lowest BCUT2D eigenvalue weighted by molar-refractivity contribution is -0.149. The highest BCUT2D eigenvalue weighted by atomic mass is 16.5. The zero-order chi connectivity index (χ0) is 24.1. The molecule has 1 saturated carbocycles. The van der Waals surface area contributed by atoms with E-state index in [1.165, 1.54) is 0 Å². The number of nitrogens with one attached hydrogen (secondary N) is 1. The molecule has 1 aromatic carbocycles. The van der Waals surface area contributed by atoms with Crippen LogP contribution in [-0.4, -0.2) is 55.0 Å². The van der Waals surface area contributed by atoms with Crippen molar-refractivity contribution in [2.45, 2.75) is 52.1 Å². The first-order valence-electron chi connectivity index (χ1n) is 12.6. The first kappa shape index (κ1) is 24.3. The second-order valence-electron chi connectivity index (χ2n) is 9.77. The summed E-state index contributed by atoms with van der Waals surface area (Å²) in [5.41, 5.74) is 0.523. The van der Waals surface area contributed by atoms with Crippen LogP contribution in [-0.2, 0) is 14.3 Å². The van der Waals surface area contributed by atoms with Gasteiger partial charge >= 0.3 is 5.97 Å². The van der Waals surface area contributed by atoms with Crippen LogP contribution in [0.15, 0.2) is 36.4 Å². The van der Waals surface area contributed by atoms with Gasteiger partial charge in [-0.15, -0.1) is 0 Å². The van der Waals surface area contributed by atoms with Gasteiger partial charge in [-0.3, -0.25) is 14.4 Å². The molecule has 3 atom stereocenters. The van der Waals surface area contributed by atoms with E-state index in [0.29, 0.717) is 24.0 Å². The fraction of sp³-hybridized carbons (Fsp3) is 0.593. The molecule has 7 nitrogen and oxygen atoms in total. The average Bonchev–Trinajstić information content (AvgIpc) is 3.61. The molecule has 1 heterocycles. The quantitative estimate of drug-likeness (QED) is 0.442. The largest absolute Gasteiger partial charge is 0.490 e. The predicted octanol–water partition coefficient (Wildman–Crippen LogP) is 3.59. The minimum absolute atomic E-state index is 0.0788. The number of likely N-dealkylation sites (tertiary alicyclic amines) is 1. The van der Waals surface area contributed by atoms with Crippen LogP contribution in [0.1, 0.15) is 56.3 Å². The molecule has 2 fully saturated rings. The predicted molar refractivity (Wildman–Crippen MR) is 128 cm³/mol. The third-order valence-corrected chi connectivity index (χ3v) is 7.02. The highest BCUT2D eigenvalue weighted by Gasteiger charge is 2.35. The van der Waals surface area contributed by atoms with Gasteiger partial charge in [0.05, 0.1) is 12.5 Å². The van der Waals surface area contributed by atoms with Gasteiger partial charge in [0.1, 0.15) is 11.9 Å². The molecule has 0 aromatic heterocycles. The molecule has 3 aliphatic rings. The van der Waals surface area contributed by atoms with Crippen molar-refractivity contribution in [1.82, 2.24) is 10.2 Å². The monoisotopic (exact) mass is 468 g/mol. The Bertz CT molecular complexity index is 900. The minimum Gasteiger partial charge on any atom is -0.490 e. The number of esters is 1. The van der Waals surface area contributed by atoms with Gasteiger partial charge in [-0.1, -0.05) is 19.1 Å². The molecule has 0 bridgehead atoms. The zero-order valence-electron chi connectivity index (χ0n) is 20.2. The van der Waals surface area contributed by atoms with Crippen LogP contribution in [0.4, 0.5) is 0 Å². The van der Waals surface area contributed by atoms with E-state index in [1.807, 2.05) is 4.90 Å². The molecule has 184 valence electrons. The summed E-state index contributed by atoms with van der Waals surface area (Å²) >= 11 is 0. The second kappa shape index (κ2) is 11.1. The van der Waals surface area contributed by atoms with E-state index < -0.39 is 0 Å². The Balaban J connectivity index is 1.25. The summed E-state index contributed by atoms with van der Waals surface area (Å²) in [4.78, 5) is 39.3.